The second kappa shape index (κ2) is 7.71. The van der Waals surface area contributed by atoms with Crippen LogP contribution in [0.1, 0.15) is 28.1 Å². The largest absolute Gasteiger partial charge is 0.326 e. The Hall–Kier alpha value is -3.32. The van der Waals surface area contributed by atoms with E-state index in [4.69, 9.17) is 0 Å². The molecule has 0 atom stereocenters. The maximum Gasteiger partial charge on any atom is 0.228 e. The summed E-state index contributed by atoms with van der Waals surface area (Å²) in [4.78, 5) is 12.4. The minimum Gasteiger partial charge on any atom is -0.326 e. The van der Waals surface area contributed by atoms with Gasteiger partial charge in [-0.2, -0.15) is 5.10 Å². The second-order valence-corrected chi connectivity index (χ2v) is 6.19. The molecule has 1 amide bonds. The van der Waals surface area contributed by atoms with E-state index in [-0.39, 0.29) is 5.91 Å². The zero-order valence-corrected chi connectivity index (χ0v) is 15.2. The summed E-state index contributed by atoms with van der Waals surface area (Å²) < 4.78 is 1.80. The van der Waals surface area contributed by atoms with Gasteiger partial charge in [0.15, 0.2) is 0 Å². The first-order valence-electron chi connectivity index (χ1n) is 8.49. The summed E-state index contributed by atoms with van der Waals surface area (Å²) in [5.41, 5.74) is 5.45. The molecular weight excluding hydrogens is 322 g/mol. The molecule has 0 spiro atoms. The molecule has 0 aliphatic rings. The van der Waals surface area contributed by atoms with Crippen LogP contribution in [0.2, 0.25) is 0 Å². The highest BCUT2D eigenvalue weighted by atomic mass is 16.1. The Morgan fingerprint density at radius 2 is 1.73 bits per heavy atom. The standard InChI is InChI=1S/C22H21N3O/c1-16-21(17(2)25(3)24-16)15-22(26)23-20-11-7-10-19(14-20)13-12-18-8-5-4-6-9-18/h4-11,14H,15H2,1-3H3,(H,23,26). The van der Waals surface area contributed by atoms with Crippen LogP contribution in [0.25, 0.3) is 0 Å². The van der Waals surface area contributed by atoms with Crippen LogP contribution in [0, 0.1) is 25.7 Å². The van der Waals surface area contributed by atoms with Crippen molar-refractivity contribution in [3.05, 3.63) is 82.7 Å². The van der Waals surface area contributed by atoms with Crippen LogP contribution in [0.4, 0.5) is 5.69 Å². The Labute approximate surface area is 153 Å². The van der Waals surface area contributed by atoms with Crippen LogP contribution in [0.3, 0.4) is 0 Å². The third kappa shape index (κ3) is 4.20. The van der Waals surface area contributed by atoms with Gasteiger partial charge in [0.25, 0.3) is 0 Å². The topological polar surface area (TPSA) is 46.9 Å². The van der Waals surface area contributed by atoms with Crippen LogP contribution in [0.15, 0.2) is 54.6 Å². The molecule has 0 aliphatic carbocycles. The zero-order chi connectivity index (χ0) is 18.5. The summed E-state index contributed by atoms with van der Waals surface area (Å²) in [5, 5.41) is 7.31. The van der Waals surface area contributed by atoms with Gasteiger partial charge in [-0.05, 0) is 44.2 Å². The van der Waals surface area contributed by atoms with Crippen molar-refractivity contribution in [3.8, 4) is 11.8 Å². The van der Waals surface area contributed by atoms with Gasteiger partial charge in [-0.25, -0.2) is 0 Å². The van der Waals surface area contributed by atoms with Gasteiger partial charge >= 0.3 is 0 Å². The van der Waals surface area contributed by atoms with Crippen molar-refractivity contribution < 1.29 is 4.79 Å². The van der Waals surface area contributed by atoms with Gasteiger partial charge in [-0.3, -0.25) is 9.48 Å². The Morgan fingerprint density at radius 1 is 1.04 bits per heavy atom. The molecule has 1 heterocycles. The van der Waals surface area contributed by atoms with Gasteiger partial charge in [0, 0.05) is 35.1 Å². The molecule has 0 radical (unpaired) electrons. The van der Waals surface area contributed by atoms with E-state index in [0.29, 0.717) is 6.42 Å². The van der Waals surface area contributed by atoms with E-state index in [1.807, 2.05) is 75.5 Å². The zero-order valence-electron chi connectivity index (χ0n) is 15.2. The molecule has 26 heavy (non-hydrogen) atoms. The molecule has 0 unspecified atom stereocenters. The number of hydrogen-bond acceptors (Lipinski definition) is 2. The quantitative estimate of drug-likeness (QED) is 0.739. The molecule has 1 N–H and O–H groups in total. The number of aryl methyl sites for hydroxylation is 2. The van der Waals surface area contributed by atoms with Crippen molar-refractivity contribution in [2.24, 2.45) is 7.05 Å². The van der Waals surface area contributed by atoms with E-state index in [9.17, 15) is 4.79 Å². The number of carbonyl (C=O) groups excluding carboxylic acids is 1. The molecule has 4 nitrogen and oxygen atoms in total. The number of nitrogens with zero attached hydrogens (tertiary/aromatic N) is 2. The lowest BCUT2D eigenvalue weighted by Crippen LogP contribution is -2.15. The van der Waals surface area contributed by atoms with Gasteiger partial charge < -0.3 is 5.32 Å². The maximum absolute atomic E-state index is 12.4. The molecule has 4 heteroatoms. The minimum absolute atomic E-state index is 0.0580. The Bertz CT molecular complexity index is 991. The van der Waals surface area contributed by atoms with Crippen LogP contribution in [-0.4, -0.2) is 15.7 Å². The van der Waals surface area contributed by atoms with Crippen molar-refractivity contribution in [3.63, 3.8) is 0 Å². The lowest BCUT2D eigenvalue weighted by atomic mass is 10.1. The normalized spacial score (nSPS) is 10.1. The third-order valence-electron chi connectivity index (χ3n) is 4.27. The van der Waals surface area contributed by atoms with Gasteiger partial charge in [0.05, 0.1) is 12.1 Å². The fourth-order valence-electron chi connectivity index (χ4n) is 2.78. The number of amides is 1. The second-order valence-electron chi connectivity index (χ2n) is 6.19. The van der Waals surface area contributed by atoms with Gasteiger partial charge in [0.1, 0.15) is 0 Å². The van der Waals surface area contributed by atoms with Crippen LogP contribution in [-0.2, 0) is 18.3 Å². The fraction of sp³-hybridized carbons (Fsp3) is 0.182. The molecule has 3 aromatic rings. The number of rotatable bonds is 3. The molecule has 130 valence electrons. The Morgan fingerprint density at radius 3 is 2.42 bits per heavy atom. The highest BCUT2D eigenvalue weighted by Crippen LogP contribution is 2.15. The van der Waals surface area contributed by atoms with E-state index in [0.717, 1.165) is 33.8 Å². The van der Waals surface area contributed by atoms with E-state index in [1.54, 1.807) is 4.68 Å². The molecule has 0 saturated carbocycles. The SMILES string of the molecule is Cc1nn(C)c(C)c1CC(=O)Nc1cccc(C#Cc2ccccc2)c1. The molecule has 0 saturated heterocycles. The maximum atomic E-state index is 12.4. The first-order chi connectivity index (χ1) is 12.5. The predicted molar refractivity (Wildman–Crippen MR) is 104 cm³/mol. The van der Waals surface area contributed by atoms with E-state index in [1.165, 1.54) is 0 Å². The van der Waals surface area contributed by atoms with Crippen LogP contribution < -0.4 is 5.32 Å². The summed E-state index contributed by atoms with van der Waals surface area (Å²) in [6.45, 7) is 3.90. The summed E-state index contributed by atoms with van der Waals surface area (Å²) >= 11 is 0. The highest BCUT2D eigenvalue weighted by molar-refractivity contribution is 5.92. The first-order valence-corrected chi connectivity index (χ1v) is 8.49. The lowest BCUT2D eigenvalue weighted by molar-refractivity contribution is -0.115. The predicted octanol–water partition coefficient (Wildman–Crippen LogP) is 3.62. The Kier molecular flexibility index (Phi) is 5.19. The molecule has 2 aromatic carbocycles. The smallest absolute Gasteiger partial charge is 0.228 e. The number of hydrogen-bond donors (Lipinski definition) is 1. The van der Waals surface area contributed by atoms with Crippen molar-refractivity contribution >= 4 is 11.6 Å². The average Bonchev–Trinajstić information content (AvgIpc) is 2.87. The van der Waals surface area contributed by atoms with E-state index >= 15 is 0 Å². The first kappa shape index (κ1) is 17.5. The van der Waals surface area contributed by atoms with E-state index < -0.39 is 0 Å². The monoisotopic (exact) mass is 343 g/mol. The molecule has 0 bridgehead atoms. The molecule has 0 aliphatic heterocycles. The Balaban J connectivity index is 1.71. The molecular formula is C22H21N3O. The van der Waals surface area contributed by atoms with Crippen molar-refractivity contribution in [1.82, 2.24) is 9.78 Å². The van der Waals surface area contributed by atoms with Gasteiger partial charge in [-0.1, -0.05) is 36.1 Å². The number of benzene rings is 2. The number of carbonyl (C=O) groups is 1. The van der Waals surface area contributed by atoms with Crippen molar-refractivity contribution in [1.29, 1.82) is 0 Å². The molecule has 3 rings (SSSR count). The number of nitrogens with one attached hydrogen (secondary N) is 1. The van der Waals surface area contributed by atoms with Gasteiger partial charge in [0.2, 0.25) is 5.91 Å². The van der Waals surface area contributed by atoms with Crippen LogP contribution in [0.5, 0.6) is 0 Å². The van der Waals surface area contributed by atoms with Crippen molar-refractivity contribution in [2.75, 3.05) is 5.32 Å². The minimum atomic E-state index is -0.0580. The molecule has 1 aromatic heterocycles. The summed E-state index contributed by atoms with van der Waals surface area (Å²) in [6, 6.07) is 17.4. The lowest BCUT2D eigenvalue weighted by Gasteiger charge is -2.06. The average molecular weight is 343 g/mol. The molecule has 0 fully saturated rings. The van der Waals surface area contributed by atoms with Gasteiger partial charge in [-0.15, -0.1) is 0 Å². The summed E-state index contributed by atoms with van der Waals surface area (Å²) in [5.74, 6) is 6.20. The summed E-state index contributed by atoms with van der Waals surface area (Å²) in [6.07, 6.45) is 0.311. The third-order valence-corrected chi connectivity index (χ3v) is 4.27. The van der Waals surface area contributed by atoms with Crippen molar-refractivity contribution in [2.45, 2.75) is 20.3 Å². The summed E-state index contributed by atoms with van der Waals surface area (Å²) in [7, 11) is 1.89. The fourth-order valence-corrected chi connectivity index (χ4v) is 2.78. The number of aromatic nitrogens is 2. The van der Waals surface area contributed by atoms with E-state index in [2.05, 4.69) is 22.3 Å². The highest BCUT2D eigenvalue weighted by Gasteiger charge is 2.13. The number of anilines is 1. The van der Waals surface area contributed by atoms with Crippen LogP contribution >= 0.6 is 0 Å².